The molecule has 0 spiro atoms. The standard InChI is InChI=1S/C10H19F3N2O2/c1-3-17-6-4-5-15(7-10(11,12)13)9(16)8(2)14/h8H,3-7,14H2,1-2H3. The SMILES string of the molecule is CCOCCCN(CC(F)(F)F)C(=O)C(C)N. The molecular formula is C10H19F3N2O2. The molecule has 0 heterocycles. The number of ether oxygens (including phenoxy) is 1. The first-order valence-electron chi connectivity index (χ1n) is 5.46. The van der Waals surface area contributed by atoms with Crippen molar-refractivity contribution in [2.24, 2.45) is 5.73 Å². The van der Waals surface area contributed by atoms with Gasteiger partial charge in [0, 0.05) is 19.8 Å². The fourth-order valence-electron chi connectivity index (χ4n) is 1.27. The van der Waals surface area contributed by atoms with Crippen molar-refractivity contribution in [2.75, 3.05) is 26.3 Å². The van der Waals surface area contributed by atoms with Crippen LogP contribution in [-0.4, -0.2) is 49.3 Å². The molecule has 0 fully saturated rings. The van der Waals surface area contributed by atoms with Gasteiger partial charge in [-0.15, -0.1) is 0 Å². The number of alkyl halides is 3. The lowest BCUT2D eigenvalue weighted by Crippen LogP contribution is -2.46. The Morgan fingerprint density at radius 3 is 2.47 bits per heavy atom. The Balaban J connectivity index is 4.26. The highest BCUT2D eigenvalue weighted by atomic mass is 19.4. The van der Waals surface area contributed by atoms with Gasteiger partial charge in [-0.3, -0.25) is 4.79 Å². The molecule has 7 heteroatoms. The fraction of sp³-hybridized carbons (Fsp3) is 0.900. The molecule has 1 unspecified atom stereocenters. The topological polar surface area (TPSA) is 55.6 Å². The maximum atomic E-state index is 12.2. The van der Waals surface area contributed by atoms with Crippen LogP contribution in [0.25, 0.3) is 0 Å². The Morgan fingerprint density at radius 2 is 2.06 bits per heavy atom. The van der Waals surface area contributed by atoms with Gasteiger partial charge < -0.3 is 15.4 Å². The molecule has 0 aromatic rings. The molecule has 1 atom stereocenters. The Kier molecular flexibility index (Phi) is 7.13. The number of nitrogens with two attached hydrogens (primary N) is 1. The zero-order valence-corrected chi connectivity index (χ0v) is 10.1. The Hall–Kier alpha value is -0.820. The van der Waals surface area contributed by atoms with Crippen LogP contribution in [0.1, 0.15) is 20.3 Å². The second-order valence-corrected chi connectivity index (χ2v) is 3.71. The molecule has 0 aliphatic carbocycles. The third-order valence-electron chi connectivity index (χ3n) is 1.99. The molecule has 17 heavy (non-hydrogen) atoms. The first-order chi connectivity index (χ1) is 7.78. The normalized spacial score (nSPS) is 13.5. The van der Waals surface area contributed by atoms with Crippen LogP contribution in [0.4, 0.5) is 13.2 Å². The minimum Gasteiger partial charge on any atom is -0.382 e. The molecule has 0 aromatic carbocycles. The molecule has 0 aromatic heterocycles. The molecule has 0 rings (SSSR count). The van der Waals surface area contributed by atoms with Gasteiger partial charge in [0.05, 0.1) is 6.04 Å². The second kappa shape index (κ2) is 7.50. The van der Waals surface area contributed by atoms with E-state index in [-0.39, 0.29) is 6.54 Å². The van der Waals surface area contributed by atoms with E-state index in [0.717, 1.165) is 4.90 Å². The Morgan fingerprint density at radius 1 is 1.47 bits per heavy atom. The van der Waals surface area contributed by atoms with Gasteiger partial charge in [-0.05, 0) is 20.3 Å². The highest BCUT2D eigenvalue weighted by molar-refractivity contribution is 5.81. The van der Waals surface area contributed by atoms with E-state index in [2.05, 4.69) is 0 Å². The largest absolute Gasteiger partial charge is 0.406 e. The van der Waals surface area contributed by atoms with Crippen molar-refractivity contribution >= 4 is 5.91 Å². The zero-order valence-electron chi connectivity index (χ0n) is 10.1. The Labute approximate surface area is 98.9 Å². The highest BCUT2D eigenvalue weighted by Gasteiger charge is 2.33. The van der Waals surface area contributed by atoms with Gasteiger partial charge in [0.25, 0.3) is 0 Å². The van der Waals surface area contributed by atoms with Crippen molar-refractivity contribution in [3.05, 3.63) is 0 Å². The van der Waals surface area contributed by atoms with Gasteiger partial charge in [0.1, 0.15) is 6.54 Å². The van der Waals surface area contributed by atoms with Gasteiger partial charge in [-0.25, -0.2) is 0 Å². The average molecular weight is 256 g/mol. The van der Waals surface area contributed by atoms with Gasteiger partial charge >= 0.3 is 6.18 Å². The number of carbonyl (C=O) groups excluding carboxylic acids is 1. The van der Waals surface area contributed by atoms with Crippen LogP contribution < -0.4 is 5.73 Å². The molecule has 0 saturated heterocycles. The molecule has 102 valence electrons. The summed E-state index contributed by atoms with van der Waals surface area (Å²) in [6.45, 7) is 2.73. The van der Waals surface area contributed by atoms with E-state index in [1.165, 1.54) is 6.92 Å². The number of amides is 1. The summed E-state index contributed by atoms with van der Waals surface area (Å²) in [6, 6.07) is -0.926. The van der Waals surface area contributed by atoms with Crippen molar-refractivity contribution < 1.29 is 22.7 Å². The zero-order chi connectivity index (χ0) is 13.5. The number of halogens is 3. The number of rotatable bonds is 7. The summed E-state index contributed by atoms with van der Waals surface area (Å²) < 4.78 is 41.7. The van der Waals surface area contributed by atoms with Crippen LogP contribution in [0.2, 0.25) is 0 Å². The monoisotopic (exact) mass is 256 g/mol. The van der Waals surface area contributed by atoms with E-state index in [1.807, 2.05) is 0 Å². The minimum absolute atomic E-state index is 0.000116. The molecule has 0 bridgehead atoms. The number of hydrogen-bond donors (Lipinski definition) is 1. The number of hydrogen-bond acceptors (Lipinski definition) is 3. The van der Waals surface area contributed by atoms with Crippen LogP contribution in [0, 0.1) is 0 Å². The van der Waals surface area contributed by atoms with E-state index >= 15 is 0 Å². The lowest BCUT2D eigenvalue weighted by atomic mass is 10.2. The summed E-state index contributed by atoms with van der Waals surface area (Å²) in [6.07, 6.45) is -4.04. The maximum absolute atomic E-state index is 12.2. The molecule has 4 nitrogen and oxygen atoms in total. The predicted molar refractivity (Wildman–Crippen MR) is 57.4 cm³/mol. The molecular weight excluding hydrogens is 237 g/mol. The summed E-state index contributed by atoms with van der Waals surface area (Å²) >= 11 is 0. The molecule has 1 amide bonds. The van der Waals surface area contributed by atoms with Crippen LogP contribution in [0.15, 0.2) is 0 Å². The average Bonchev–Trinajstić information content (AvgIpc) is 2.19. The van der Waals surface area contributed by atoms with E-state index in [1.54, 1.807) is 6.92 Å². The maximum Gasteiger partial charge on any atom is 0.406 e. The van der Waals surface area contributed by atoms with Crippen LogP contribution in [0.3, 0.4) is 0 Å². The van der Waals surface area contributed by atoms with Crippen LogP contribution >= 0.6 is 0 Å². The lowest BCUT2D eigenvalue weighted by Gasteiger charge is -2.25. The smallest absolute Gasteiger partial charge is 0.382 e. The van der Waals surface area contributed by atoms with Gasteiger partial charge in [0.2, 0.25) is 5.91 Å². The van der Waals surface area contributed by atoms with E-state index < -0.39 is 24.7 Å². The third kappa shape index (κ3) is 7.98. The molecule has 2 N–H and O–H groups in total. The second-order valence-electron chi connectivity index (χ2n) is 3.71. The first kappa shape index (κ1) is 16.2. The van der Waals surface area contributed by atoms with Crippen molar-refractivity contribution in [1.82, 2.24) is 4.90 Å². The highest BCUT2D eigenvalue weighted by Crippen LogP contribution is 2.17. The third-order valence-corrected chi connectivity index (χ3v) is 1.99. The van der Waals surface area contributed by atoms with E-state index in [0.29, 0.717) is 19.6 Å². The van der Waals surface area contributed by atoms with Gasteiger partial charge in [0.15, 0.2) is 0 Å². The summed E-state index contributed by atoms with van der Waals surface area (Å²) in [7, 11) is 0. The lowest BCUT2D eigenvalue weighted by molar-refractivity contribution is -0.162. The number of carbonyl (C=O) groups is 1. The molecule has 0 aliphatic rings. The van der Waals surface area contributed by atoms with Gasteiger partial charge in [-0.1, -0.05) is 0 Å². The van der Waals surface area contributed by atoms with E-state index in [4.69, 9.17) is 10.5 Å². The van der Waals surface area contributed by atoms with Crippen LogP contribution in [0.5, 0.6) is 0 Å². The predicted octanol–water partition coefficient (Wildman–Crippen LogP) is 1.15. The van der Waals surface area contributed by atoms with Crippen molar-refractivity contribution in [3.63, 3.8) is 0 Å². The summed E-state index contributed by atoms with van der Waals surface area (Å²) in [5, 5.41) is 0. The summed E-state index contributed by atoms with van der Waals surface area (Å²) in [5.41, 5.74) is 5.30. The quantitative estimate of drug-likeness (QED) is 0.695. The fourth-order valence-corrected chi connectivity index (χ4v) is 1.27. The summed E-state index contributed by atoms with van der Waals surface area (Å²) in [4.78, 5) is 12.2. The Bertz CT molecular complexity index is 232. The van der Waals surface area contributed by atoms with Crippen LogP contribution in [-0.2, 0) is 9.53 Å². The van der Waals surface area contributed by atoms with E-state index in [9.17, 15) is 18.0 Å². The number of nitrogens with zero attached hydrogens (tertiary/aromatic N) is 1. The van der Waals surface area contributed by atoms with Gasteiger partial charge in [-0.2, -0.15) is 13.2 Å². The van der Waals surface area contributed by atoms with Crippen molar-refractivity contribution in [2.45, 2.75) is 32.5 Å². The minimum atomic E-state index is -4.41. The molecule has 0 aliphatic heterocycles. The first-order valence-corrected chi connectivity index (χ1v) is 5.46. The molecule has 0 radical (unpaired) electrons. The van der Waals surface area contributed by atoms with Crippen molar-refractivity contribution in [1.29, 1.82) is 0 Å². The summed E-state index contributed by atoms with van der Waals surface area (Å²) in [5.74, 6) is -0.696. The van der Waals surface area contributed by atoms with Crippen molar-refractivity contribution in [3.8, 4) is 0 Å². The molecule has 0 saturated carbocycles.